The van der Waals surface area contributed by atoms with E-state index in [-0.39, 0.29) is 34.8 Å². The van der Waals surface area contributed by atoms with Gasteiger partial charge in [-0.15, -0.1) is 0 Å². The Kier molecular flexibility index (Phi) is 11.7. The van der Waals surface area contributed by atoms with Crippen molar-refractivity contribution >= 4 is 39.1 Å². The molecule has 0 spiro atoms. The summed E-state index contributed by atoms with van der Waals surface area (Å²) in [6, 6.07) is 16.4. The van der Waals surface area contributed by atoms with Gasteiger partial charge in [0.05, 0.1) is 31.9 Å². The third-order valence-corrected chi connectivity index (χ3v) is 9.01. The van der Waals surface area contributed by atoms with Crippen LogP contribution in [0.5, 0.6) is 17.2 Å². The summed E-state index contributed by atoms with van der Waals surface area (Å²) in [4.78, 5) is 28.6. The van der Waals surface area contributed by atoms with E-state index in [1.54, 1.807) is 31.2 Å². The minimum absolute atomic E-state index is 0.0377. The minimum Gasteiger partial charge on any atom is -0.497 e. The summed E-state index contributed by atoms with van der Waals surface area (Å²) < 4.78 is 45.1. The quantitative estimate of drug-likeness (QED) is 0.269. The molecule has 2 amide bonds. The molecule has 0 unspecified atom stereocenters. The first kappa shape index (κ1) is 33.5. The molecule has 0 bridgehead atoms. The van der Waals surface area contributed by atoms with Crippen LogP contribution in [0.25, 0.3) is 0 Å². The molecular weight excluding hydrogens is 594 g/mol. The molecule has 3 aromatic carbocycles. The molecule has 0 saturated carbocycles. The van der Waals surface area contributed by atoms with Gasteiger partial charge in [0.2, 0.25) is 11.8 Å². The van der Waals surface area contributed by atoms with Crippen molar-refractivity contribution < 1.29 is 32.2 Å². The van der Waals surface area contributed by atoms with Gasteiger partial charge >= 0.3 is 0 Å². The van der Waals surface area contributed by atoms with Gasteiger partial charge in [0.1, 0.15) is 18.3 Å². The summed E-state index contributed by atoms with van der Waals surface area (Å²) in [6.07, 6.45) is 0.705. The number of nitrogens with one attached hydrogen (secondary N) is 1. The molecule has 3 rings (SSSR count). The highest BCUT2D eigenvalue weighted by atomic mass is 35.5. The van der Waals surface area contributed by atoms with Crippen LogP contribution in [0.2, 0.25) is 5.02 Å². The number of rotatable bonds is 14. The average Bonchev–Trinajstić information content (AvgIpc) is 3.01. The van der Waals surface area contributed by atoms with Crippen molar-refractivity contribution in [1.29, 1.82) is 0 Å². The first-order chi connectivity index (χ1) is 20.4. The third kappa shape index (κ3) is 8.32. The normalized spacial score (nSPS) is 12.5. The fourth-order valence-corrected chi connectivity index (χ4v) is 5.81. The molecule has 0 aliphatic heterocycles. The second kappa shape index (κ2) is 15.0. The number of ether oxygens (including phenoxy) is 3. The third-order valence-electron chi connectivity index (χ3n) is 6.99. The Bertz CT molecular complexity index is 1520. The Morgan fingerprint density at radius 3 is 2.19 bits per heavy atom. The van der Waals surface area contributed by atoms with E-state index in [1.807, 2.05) is 13.8 Å². The van der Waals surface area contributed by atoms with Crippen LogP contribution < -0.4 is 23.8 Å². The zero-order valence-corrected chi connectivity index (χ0v) is 26.7. The number of carbonyl (C=O) groups is 2. The molecule has 3 aromatic rings. The van der Waals surface area contributed by atoms with E-state index in [4.69, 9.17) is 25.8 Å². The lowest BCUT2D eigenvalue weighted by atomic mass is 10.1. The van der Waals surface area contributed by atoms with E-state index in [0.717, 1.165) is 4.31 Å². The molecule has 43 heavy (non-hydrogen) atoms. The van der Waals surface area contributed by atoms with Crippen LogP contribution in [0.4, 0.5) is 5.69 Å². The van der Waals surface area contributed by atoms with Crippen LogP contribution >= 0.6 is 11.6 Å². The zero-order valence-electron chi connectivity index (χ0n) is 25.2. The van der Waals surface area contributed by atoms with Crippen LogP contribution in [-0.4, -0.2) is 65.1 Å². The second-order valence-electron chi connectivity index (χ2n) is 9.87. The van der Waals surface area contributed by atoms with Gasteiger partial charge in [0.25, 0.3) is 10.0 Å². The predicted molar refractivity (Wildman–Crippen MR) is 166 cm³/mol. The van der Waals surface area contributed by atoms with Crippen molar-refractivity contribution in [2.45, 2.75) is 50.7 Å². The Labute approximate surface area is 258 Å². The molecule has 12 heteroatoms. The number of hydrogen-bond donors (Lipinski definition) is 1. The number of hydrogen-bond acceptors (Lipinski definition) is 7. The summed E-state index contributed by atoms with van der Waals surface area (Å²) in [5.74, 6) is 0.197. The average molecular weight is 632 g/mol. The smallest absolute Gasteiger partial charge is 0.264 e. The summed E-state index contributed by atoms with van der Waals surface area (Å²) >= 11 is 6.09. The Morgan fingerprint density at radius 1 is 0.907 bits per heavy atom. The number of benzene rings is 3. The highest BCUT2D eigenvalue weighted by Crippen LogP contribution is 2.32. The Hall–Kier alpha value is -3.96. The molecule has 0 fully saturated rings. The highest BCUT2D eigenvalue weighted by molar-refractivity contribution is 7.92. The van der Waals surface area contributed by atoms with Gasteiger partial charge in [-0.1, -0.05) is 30.7 Å². The maximum atomic E-state index is 14.1. The second-order valence-corrected chi connectivity index (χ2v) is 12.2. The Balaban J connectivity index is 2.07. The van der Waals surface area contributed by atoms with Crippen molar-refractivity contribution in [3.05, 3.63) is 77.3 Å². The number of amides is 2. The van der Waals surface area contributed by atoms with Crippen molar-refractivity contribution in [2.75, 3.05) is 32.2 Å². The summed E-state index contributed by atoms with van der Waals surface area (Å²) in [5.41, 5.74) is 0.919. The van der Waals surface area contributed by atoms with Crippen molar-refractivity contribution in [3.8, 4) is 17.2 Å². The van der Waals surface area contributed by atoms with Gasteiger partial charge in [0.15, 0.2) is 11.5 Å². The topological polar surface area (TPSA) is 114 Å². The Morgan fingerprint density at radius 2 is 1.58 bits per heavy atom. The molecule has 0 aromatic heterocycles. The molecule has 0 saturated heterocycles. The van der Waals surface area contributed by atoms with E-state index in [1.165, 1.54) is 68.7 Å². The summed E-state index contributed by atoms with van der Waals surface area (Å²) in [6.45, 7) is 4.87. The largest absolute Gasteiger partial charge is 0.497 e. The maximum absolute atomic E-state index is 14.1. The van der Waals surface area contributed by atoms with Crippen LogP contribution in [0, 0.1) is 0 Å². The molecule has 0 aliphatic carbocycles. The lowest BCUT2D eigenvalue weighted by Crippen LogP contribution is -2.52. The monoisotopic (exact) mass is 631 g/mol. The zero-order chi connectivity index (χ0) is 31.7. The maximum Gasteiger partial charge on any atom is 0.264 e. The molecular formula is C31H38ClN3O7S. The van der Waals surface area contributed by atoms with Gasteiger partial charge in [0, 0.05) is 23.7 Å². The molecule has 0 radical (unpaired) electrons. The molecule has 2 atom stereocenters. The van der Waals surface area contributed by atoms with Crippen molar-refractivity contribution in [1.82, 2.24) is 10.2 Å². The fraction of sp³-hybridized carbons (Fsp3) is 0.355. The van der Waals surface area contributed by atoms with Crippen molar-refractivity contribution in [2.24, 2.45) is 0 Å². The number of nitrogens with zero attached hydrogens (tertiary/aromatic N) is 2. The van der Waals surface area contributed by atoms with Crippen LogP contribution in [0.1, 0.15) is 32.8 Å². The van der Waals surface area contributed by atoms with Crippen LogP contribution in [-0.2, 0) is 26.2 Å². The van der Waals surface area contributed by atoms with Gasteiger partial charge in [-0.3, -0.25) is 13.9 Å². The molecule has 0 heterocycles. The first-order valence-corrected chi connectivity index (χ1v) is 15.5. The summed E-state index contributed by atoms with van der Waals surface area (Å²) in [5, 5.41) is 3.31. The number of anilines is 1. The van der Waals surface area contributed by atoms with Gasteiger partial charge in [-0.2, -0.15) is 0 Å². The highest BCUT2D eigenvalue weighted by Gasteiger charge is 2.33. The molecule has 232 valence electrons. The van der Waals surface area contributed by atoms with Crippen LogP contribution in [0.3, 0.4) is 0 Å². The molecule has 10 nitrogen and oxygen atoms in total. The van der Waals surface area contributed by atoms with E-state index in [2.05, 4.69) is 5.32 Å². The fourth-order valence-electron chi connectivity index (χ4n) is 4.26. The standard InChI is InChI=1S/C31H38ClN3O7S/c1-7-21(2)33-31(37)22(3)34(19-23-9-8-10-26(17-23)40-4)30(36)20-35(25-13-11-24(32)12-14-25)43(38,39)27-15-16-28(41-5)29(18-27)42-6/h8-18,21-22H,7,19-20H2,1-6H3,(H,33,37)/t21-,22-/m1/s1. The number of methoxy groups -OCH3 is 3. The lowest BCUT2D eigenvalue weighted by Gasteiger charge is -2.32. The SMILES string of the molecule is CC[C@@H](C)NC(=O)[C@@H](C)N(Cc1cccc(OC)c1)C(=O)CN(c1ccc(Cl)cc1)S(=O)(=O)c1ccc(OC)c(OC)c1. The number of halogens is 1. The predicted octanol–water partition coefficient (Wildman–Crippen LogP) is 4.89. The van der Waals surface area contributed by atoms with E-state index in [9.17, 15) is 18.0 Å². The molecule has 0 aliphatic rings. The van der Waals surface area contributed by atoms with Gasteiger partial charge < -0.3 is 24.4 Å². The van der Waals surface area contributed by atoms with Gasteiger partial charge in [-0.05, 0) is 74.4 Å². The van der Waals surface area contributed by atoms with Crippen molar-refractivity contribution in [3.63, 3.8) is 0 Å². The van der Waals surface area contributed by atoms with E-state index < -0.39 is 28.5 Å². The van der Waals surface area contributed by atoms with E-state index >= 15 is 0 Å². The minimum atomic E-state index is -4.32. The summed E-state index contributed by atoms with van der Waals surface area (Å²) in [7, 11) is 0.0605. The first-order valence-electron chi connectivity index (χ1n) is 13.7. The number of sulfonamides is 1. The number of carbonyl (C=O) groups excluding carboxylic acids is 2. The van der Waals surface area contributed by atoms with E-state index in [0.29, 0.717) is 28.5 Å². The van der Waals surface area contributed by atoms with Crippen LogP contribution in [0.15, 0.2) is 71.6 Å². The molecule has 1 N–H and O–H groups in total. The van der Waals surface area contributed by atoms with Gasteiger partial charge in [-0.25, -0.2) is 8.42 Å². The lowest BCUT2D eigenvalue weighted by molar-refractivity contribution is -0.139.